The van der Waals surface area contributed by atoms with Gasteiger partial charge in [0.05, 0.1) is 6.10 Å². The molecule has 5 nitrogen and oxygen atoms in total. The molecular weight excluding hydrogens is 391 g/mol. The van der Waals surface area contributed by atoms with Crippen LogP contribution in [0.2, 0.25) is 0 Å². The smallest absolute Gasteiger partial charge is 0.191 e. The summed E-state index contributed by atoms with van der Waals surface area (Å²) >= 11 is 0. The Balaban J connectivity index is 0.00000242. The monoisotopic (exact) mass is 418 g/mol. The van der Waals surface area contributed by atoms with Crippen LogP contribution in [0.3, 0.4) is 0 Å². The summed E-state index contributed by atoms with van der Waals surface area (Å²) in [5, 5.41) is 16.4. The maximum Gasteiger partial charge on any atom is 0.191 e. The molecule has 1 aromatic rings. The summed E-state index contributed by atoms with van der Waals surface area (Å²) in [5.74, 6) is 1.14. The molecule has 2 rings (SSSR count). The van der Waals surface area contributed by atoms with Gasteiger partial charge in [-0.05, 0) is 31.9 Å². The van der Waals surface area contributed by atoms with Crippen LogP contribution in [-0.4, -0.2) is 41.8 Å². The van der Waals surface area contributed by atoms with Crippen molar-refractivity contribution < 1.29 is 5.11 Å². The average Bonchev–Trinajstić information content (AvgIpc) is 2.91. The molecule has 1 heterocycles. The second-order valence-electron chi connectivity index (χ2n) is 5.48. The van der Waals surface area contributed by atoms with Crippen molar-refractivity contribution in [2.75, 3.05) is 19.6 Å². The van der Waals surface area contributed by atoms with Gasteiger partial charge in [0.2, 0.25) is 0 Å². The lowest BCUT2D eigenvalue weighted by Crippen LogP contribution is -2.39. The molecule has 0 amide bonds. The molecule has 124 valence electrons. The van der Waals surface area contributed by atoms with E-state index in [1.165, 1.54) is 0 Å². The van der Waals surface area contributed by atoms with E-state index >= 15 is 0 Å². The summed E-state index contributed by atoms with van der Waals surface area (Å²) in [7, 11) is 0. The minimum absolute atomic E-state index is 0. The Morgan fingerprint density at radius 2 is 2.23 bits per heavy atom. The minimum atomic E-state index is -0.176. The quantitative estimate of drug-likeness (QED) is 0.375. The first-order valence-corrected chi connectivity index (χ1v) is 7.89. The van der Waals surface area contributed by atoms with Crippen LogP contribution >= 0.6 is 24.0 Å². The van der Waals surface area contributed by atoms with Crippen molar-refractivity contribution in [1.29, 1.82) is 0 Å². The Morgan fingerprint density at radius 1 is 1.36 bits per heavy atom. The van der Waals surface area contributed by atoms with Gasteiger partial charge >= 0.3 is 0 Å². The van der Waals surface area contributed by atoms with Crippen LogP contribution < -0.4 is 10.6 Å². The van der Waals surface area contributed by atoms with Crippen LogP contribution in [0.5, 0.6) is 0 Å². The highest BCUT2D eigenvalue weighted by molar-refractivity contribution is 14.0. The van der Waals surface area contributed by atoms with Gasteiger partial charge in [-0.25, -0.2) is 0 Å². The molecule has 0 saturated heterocycles. The number of aromatic nitrogens is 1. The predicted octanol–water partition coefficient (Wildman–Crippen LogP) is 1.96. The number of hydrogen-bond acceptors (Lipinski definition) is 3. The zero-order chi connectivity index (χ0) is 14.9. The maximum atomic E-state index is 9.84. The van der Waals surface area contributed by atoms with Crippen LogP contribution in [0.25, 0.3) is 0 Å². The highest BCUT2D eigenvalue weighted by atomic mass is 127. The molecule has 2 atom stereocenters. The highest BCUT2D eigenvalue weighted by Crippen LogP contribution is 2.25. The molecule has 6 heteroatoms. The molecule has 1 aliphatic rings. The molecule has 0 spiro atoms. The number of hydrogen-bond donors (Lipinski definition) is 3. The molecule has 3 N–H and O–H groups in total. The summed E-state index contributed by atoms with van der Waals surface area (Å²) in [5.41, 5.74) is 1.08. The second-order valence-corrected chi connectivity index (χ2v) is 5.48. The van der Waals surface area contributed by atoms with Crippen molar-refractivity contribution >= 4 is 29.9 Å². The Kier molecular flexibility index (Phi) is 9.38. The van der Waals surface area contributed by atoms with Gasteiger partial charge < -0.3 is 15.7 Å². The second kappa shape index (κ2) is 10.8. The third-order valence-corrected chi connectivity index (χ3v) is 3.85. The van der Waals surface area contributed by atoms with Gasteiger partial charge in [0.25, 0.3) is 0 Å². The van der Waals surface area contributed by atoms with Gasteiger partial charge in [0.1, 0.15) is 0 Å². The number of pyridine rings is 1. The highest BCUT2D eigenvalue weighted by Gasteiger charge is 2.24. The minimum Gasteiger partial charge on any atom is -0.393 e. The van der Waals surface area contributed by atoms with Crippen molar-refractivity contribution in [2.45, 2.75) is 38.7 Å². The molecular formula is C16H27IN4O. The number of guanidine groups is 1. The Bertz CT molecular complexity index is 441. The fraction of sp³-hybridized carbons (Fsp3) is 0.625. The lowest BCUT2D eigenvalue weighted by molar-refractivity contribution is 0.136. The van der Waals surface area contributed by atoms with E-state index in [9.17, 15) is 5.11 Å². The molecule has 1 aromatic heterocycles. The molecule has 0 aromatic carbocycles. The van der Waals surface area contributed by atoms with Gasteiger partial charge in [0.15, 0.2) is 5.96 Å². The van der Waals surface area contributed by atoms with Gasteiger partial charge in [-0.2, -0.15) is 0 Å². The predicted molar refractivity (Wildman–Crippen MR) is 101 cm³/mol. The number of nitrogens with zero attached hydrogens (tertiary/aromatic N) is 2. The van der Waals surface area contributed by atoms with Crippen LogP contribution in [0.15, 0.2) is 29.4 Å². The summed E-state index contributed by atoms with van der Waals surface area (Å²) in [6.45, 7) is 4.39. The first kappa shape index (κ1) is 19.2. The summed E-state index contributed by atoms with van der Waals surface area (Å²) < 4.78 is 0. The van der Waals surface area contributed by atoms with Crippen molar-refractivity contribution in [3.05, 3.63) is 30.1 Å². The van der Waals surface area contributed by atoms with Gasteiger partial charge in [-0.1, -0.05) is 12.5 Å². The number of aliphatic hydroxyl groups excluding tert-OH is 1. The molecule has 22 heavy (non-hydrogen) atoms. The van der Waals surface area contributed by atoms with E-state index in [-0.39, 0.29) is 30.1 Å². The van der Waals surface area contributed by atoms with E-state index in [1.54, 1.807) is 0 Å². The van der Waals surface area contributed by atoms with E-state index in [0.29, 0.717) is 12.5 Å². The number of aliphatic hydroxyl groups is 1. The Morgan fingerprint density at radius 3 is 2.86 bits per heavy atom. The first-order valence-electron chi connectivity index (χ1n) is 7.89. The standard InChI is InChI=1S/C16H26N4O.HI/c1-2-17-16(20-12-13-6-5-8-15(13)21)19-11-9-14-7-3-4-10-18-14;/h3-4,7,10,13,15,21H,2,5-6,8-9,11-12H2,1H3,(H2,17,19,20);1H. The molecule has 1 saturated carbocycles. The van der Waals surface area contributed by atoms with E-state index in [1.807, 2.05) is 24.4 Å². The third kappa shape index (κ3) is 6.48. The third-order valence-electron chi connectivity index (χ3n) is 3.85. The Hall–Kier alpha value is -0.890. The summed E-state index contributed by atoms with van der Waals surface area (Å²) in [6.07, 6.45) is 5.63. The fourth-order valence-corrected chi connectivity index (χ4v) is 2.64. The summed E-state index contributed by atoms with van der Waals surface area (Å²) in [4.78, 5) is 8.90. The number of nitrogens with one attached hydrogen (secondary N) is 2. The van der Waals surface area contributed by atoms with Crippen LogP contribution in [-0.2, 0) is 6.42 Å². The first-order chi connectivity index (χ1) is 10.3. The lowest BCUT2D eigenvalue weighted by Gasteiger charge is -2.14. The zero-order valence-electron chi connectivity index (χ0n) is 13.2. The van der Waals surface area contributed by atoms with Crippen molar-refractivity contribution in [1.82, 2.24) is 15.6 Å². The fourth-order valence-electron chi connectivity index (χ4n) is 2.64. The molecule has 1 fully saturated rings. The molecule has 0 bridgehead atoms. The molecule has 1 aliphatic carbocycles. The SMILES string of the molecule is CCNC(=NCC1CCCC1O)NCCc1ccccn1.I. The van der Waals surface area contributed by atoms with Gasteiger partial charge in [0, 0.05) is 43.9 Å². The van der Waals surface area contributed by atoms with Crippen molar-refractivity contribution in [3.8, 4) is 0 Å². The van der Waals surface area contributed by atoms with Crippen molar-refractivity contribution in [3.63, 3.8) is 0 Å². The van der Waals surface area contributed by atoms with Crippen LogP contribution in [0.4, 0.5) is 0 Å². The van der Waals surface area contributed by atoms with Gasteiger partial charge in [-0.3, -0.25) is 9.98 Å². The molecule has 0 aliphatic heterocycles. The number of rotatable bonds is 6. The number of halogens is 1. The molecule has 2 unspecified atom stereocenters. The van der Waals surface area contributed by atoms with Crippen LogP contribution in [0, 0.1) is 5.92 Å². The van der Waals surface area contributed by atoms with Crippen molar-refractivity contribution in [2.24, 2.45) is 10.9 Å². The van der Waals surface area contributed by atoms with E-state index < -0.39 is 0 Å². The van der Waals surface area contributed by atoms with E-state index in [2.05, 4.69) is 27.5 Å². The largest absolute Gasteiger partial charge is 0.393 e. The maximum absolute atomic E-state index is 9.84. The van der Waals surface area contributed by atoms with E-state index in [0.717, 1.165) is 50.4 Å². The Labute approximate surface area is 150 Å². The van der Waals surface area contributed by atoms with Crippen LogP contribution in [0.1, 0.15) is 31.9 Å². The molecule has 0 radical (unpaired) electrons. The lowest BCUT2D eigenvalue weighted by atomic mass is 10.1. The zero-order valence-corrected chi connectivity index (χ0v) is 15.5. The average molecular weight is 418 g/mol. The normalized spacial score (nSPS) is 21.3. The number of aliphatic imine (C=N–C) groups is 1. The van der Waals surface area contributed by atoms with Gasteiger partial charge in [-0.15, -0.1) is 24.0 Å². The van der Waals surface area contributed by atoms with E-state index in [4.69, 9.17) is 0 Å². The summed E-state index contributed by atoms with van der Waals surface area (Å²) in [6, 6.07) is 5.96. The topological polar surface area (TPSA) is 69.5 Å².